The van der Waals surface area contributed by atoms with Gasteiger partial charge in [0.05, 0.1) is 18.2 Å². The van der Waals surface area contributed by atoms with Gasteiger partial charge in [-0.15, -0.1) is 0 Å². The number of nitriles is 1. The Morgan fingerprint density at radius 1 is 1.12 bits per heavy atom. The molecule has 0 bridgehead atoms. The van der Waals surface area contributed by atoms with E-state index in [9.17, 15) is 0 Å². The molecule has 0 saturated heterocycles. The largest absolute Gasteiger partial charge is 0.383 e. The van der Waals surface area contributed by atoms with Gasteiger partial charge in [-0.05, 0) is 62.4 Å². The molecule has 172 valence electrons. The second kappa shape index (κ2) is 9.68. The van der Waals surface area contributed by atoms with Crippen LogP contribution in [0.3, 0.4) is 0 Å². The molecule has 2 aromatic carbocycles. The van der Waals surface area contributed by atoms with E-state index in [1.54, 1.807) is 7.11 Å². The molecular weight excluding hydrogens is 410 g/mol. The molecule has 1 aliphatic rings. The number of hydrogen-bond acceptors (Lipinski definition) is 5. The lowest BCUT2D eigenvalue weighted by molar-refractivity contribution is 0.204. The van der Waals surface area contributed by atoms with Crippen LogP contribution in [0.1, 0.15) is 39.8 Å². The Morgan fingerprint density at radius 2 is 1.82 bits per heavy atom. The molecule has 0 fully saturated rings. The number of hydrogen-bond donors (Lipinski definition) is 0. The van der Waals surface area contributed by atoms with Gasteiger partial charge in [-0.2, -0.15) is 10.4 Å². The topological polar surface area (TPSA) is 57.3 Å². The maximum atomic E-state index is 9.13. The first kappa shape index (κ1) is 22.9. The number of aromatic nitrogens is 2. The summed E-state index contributed by atoms with van der Waals surface area (Å²) in [6.45, 7) is 9.67. The lowest BCUT2D eigenvalue weighted by Gasteiger charge is -2.32. The molecule has 0 aliphatic carbocycles. The number of methoxy groups -OCH3 is 1. The van der Waals surface area contributed by atoms with Crippen LogP contribution >= 0.6 is 0 Å². The summed E-state index contributed by atoms with van der Waals surface area (Å²) in [5.41, 5.74) is 8.30. The molecule has 0 atom stereocenters. The molecule has 0 radical (unpaired) electrons. The zero-order valence-corrected chi connectivity index (χ0v) is 20.4. The highest BCUT2D eigenvalue weighted by molar-refractivity contribution is 5.74. The minimum absolute atomic E-state index is 0.635. The maximum absolute atomic E-state index is 9.13. The number of fused-ring (bicyclic) bond motifs is 1. The van der Waals surface area contributed by atoms with Crippen molar-refractivity contribution in [2.75, 3.05) is 36.6 Å². The highest BCUT2D eigenvalue weighted by Gasteiger charge is 2.30. The van der Waals surface area contributed by atoms with Crippen molar-refractivity contribution >= 4 is 17.3 Å². The first-order chi connectivity index (χ1) is 15.9. The van der Waals surface area contributed by atoms with E-state index in [4.69, 9.17) is 15.1 Å². The normalized spacial score (nSPS) is 13.0. The first-order valence-corrected chi connectivity index (χ1v) is 11.6. The van der Waals surface area contributed by atoms with Crippen molar-refractivity contribution in [2.45, 2.75) is 40.2 Å². The van der Waals surface area contributed by atoms with Crippen LogP contribution < -0.4 is 9.80 Å². The van der Waals surface area contributed by atoms with Crippen molar-refractivity contribution in [3.05, 3.63) is 69.8 Å². The van der Waals surface area contributed by atoms with Gasteiger partial charge in [0.15, 0.2) is 5.82 Å². The third-order valence-corrected chi connectivity index (χ3v) is 6.38. The summed E-state index contributed by atoms with van der Waals surface area (Å²) in [4.78, 5) is 4.76. The van der Waals surface area contributed by atoms with Crippen molar-refractivity contribution < 1.29 is 4.74 Å². The zero-order chi connectivity index (χ0) is 23.5. The van der Waals surface area contributed by atoms with E-state index >= 15 is 0 Å². The van der Waals surface area contributed by atoms with Crippen molar-refractivity contribution in [3.63, 3.8) is 0 Å². The second-order valence-electron chi connectivity index (χ2n) is 8.97. The van der Waals surface area contributed by atoms with Gasteiger partial charge in [-0.25, -0.2) is 0 Å². The Hall–Kier alpha value is -3.30. The Bertz CT molecular complexity index is 1150. The Kier molecular flexibility index (Phi) is 6.71. The number of aryl methyl sites for hydroxylation is 4. The van der Waals surface area contributed by atoms with Gasteiger partial charge in [0.25, 0.3) is 0 Å². The number of ether oxygens (including phenoxy) is 1. The average molecular weight is 444 g/mol. The molecule has 2 heterocycles. The Labute approximate surface area is 197 Å². The first-order valence-electron chi connectivity index (χ1n) is 11.6. The van der Waals surface area contributed by atoms with E-state index in [0.29, 0.717) is 12.2 Å². The Balaban J connectivity index is 1.74. The monoisotopic (exact) mass is 443 g/mol. The van der Waals surface area contributed by atoms with Gasteiger partial charge < -0.3 is 14.5 Å². The maximum Gasteiger partial charge on any atom is 0.160 e. The van der Waals surface area contributed by atoms with Crippen molar-refractivity contribution in [2.24, 2.45) is 7.05 Å². The van der Waals surface area contributed by atoms with Crippen LogP contribution in [0.5, 0.6) is 0 Å². The van der Waals surface area contributed by atoms with Gasteiger partial charge in [-0.1, -0.05) is 29.8 Å². The average Bonchev–Trinajstić information content (AvgIpc) is 3.13. The predicted molar refractivity (Wildman–Crippen MR) is 133 cm³/mol. The molecule has 33 heavy (non-hydrogen) atoms. The standard InChI is InChI=1S/C27H33N5O/c1-19-15-20(2)25(21(3)16-19)32-12-6-7-24-26(32)29-30(4)27(24)31(13-14-33-5)18-23-10-8-22(17-28)9-11-23/h8-11,15-16H,6-7,12-14,18H2,1-5H3. The molecule has 4 rings (SSSR count). The van der Waals surface area contributed by atoms with Crippen LogP contribution in [0.25, 0.3) is 0 Å². The summed E-state index contributed by atoms with van der Waals surface area (Å²) in [5, 5.41) is 14.2. The molecule has 3 aromatic rings. The third kappa shape index (κ3) is 4.60. The molecule has 0 spiro atoms. The number of rotatable bonds is 7. The fourth-order valence-electron chi connectivity index (χ4n) is 5.08. The summed E-state index contributed by atoms with van der Waals surface area (Å²) >= 11 is 0. The molecule has 0 saturated carbocycles. The second-order valence-corrected chi connectivity index (χ2v) is 8.97. The van der Waals surface area contributed by atoms with Gasteiger partial charge in [-0.3, -0.25) is 4.68 Å². The fraction of sp³-hybridized carbons (Fsp3) is 0.407. The molecule has 6 heteroatoms. The highest BCUT2D eigenvalue weighted by Crippen LogP contribution is 2.41. The minimum atomic E-state index is 0.635. The molecule has 1 aromatic heterocycles. The van der Waals surface area contributed by atoms with Crippen molar-refractivity contribution in [1.29, 1.82) is 5.26 Å². The number of benzene rings is 2. The van der Waals surface area contributed by atoms with Gasteiger partial charge in [0.2, 0.25) is 0 Å². The summed E-state index contributed by atoms with van der Waals surface area (Å²) in [7, 11) is 3.78. The molecular formula is C27H33N5O. The molecule has 0 N–H and O–H groups in total. The SMILES string of the molecule is COCCN(Cc1ccc(C#N)cc1)c1c2c(nn1C)N(c1c(C)cc(C)cc1C)CCC2. The van der Waals surface area contributed by atoms with Crippen LogP contribution in [-0.2, 0) is 24.8 Å². The quantitative estimate of drug-likeness (QED) is 0.517. The van der Waals surface area contributed by atoms with Crippen LogP contribution in [0.2, 0.25) is 0 Å². The van der Waals surface area contributed by atoms with Gasteiger partial charge in [0, 0.05) is 45.0 Å². The van der Waals surface area contributed by atoms with Crippen LogP contribution in [0.4, 0.5) is 17.3 Å². The summed E-state index contributed by atoms with van der Waals surface area (Å²) in [6, 6.07) is 14.6. The van der Waals surface area contributed by atoms with E-state index in [0.717, 1.165) is 49.7 Å². The van der Waals surface area contributed by atoms with E-state index in [2.05, 4.69) is 48.8 Å². The third-order valence-electron chi connectivity index (χ3n) is 6.38. The van der Waals surface area contributed by atoms with Crippen LogP contribution in [0, 0.1) is 32.1 Å². The summed E-state index contributed by atoms with van der Waals surface area (Å²) < 4.78 is 7.47. The van der Waals surface area contributed by atoms with Crippen molar-refractivity contribution in [3.8, 4) is 6.07 Å². The van der Waals surface area contributed by atoms with E-state index in [1.807, 2.05) is 36.0 Å². The van der Waals surface area contributed by atoms with Crippen LogP contribution in [-0.4, -0.2) is 36.6 Å². The van der Waals surface area contributed by atoms with E-state index in [1.165, 1.54) is 27.9 Å². The van der Waals surface area contributed by atoms with E-state index in [-0.39, 0.29) is 0 Å². The highest BCUT2D eigenvalue weighted by atomic mass is 16.5. The van der Waals surface area contributed by atoms with Crippen molar-refractivity contribution in [1.82, 2.24) is 9.78 Å². The van der Waals surface area contributed by atoms with Crippen LogP contribution in [0.15, 0.2) is 36.4 Å². The number of nitrogens with zero attached hydrogens (tertiary/aromatic N) is 5. The fourth-order valence-corrected chi connectivity index (χ4v) is 5.08. The lowest BCUT2D eigenvalue weighted by Crippen LogP contribution is -2.30. The summed E-state index contributed by atoms with van der Waals surface area (Å²) in [6.07, 6.45) is 2.10. The summed E-state index contributed by atoms with van der Waals surface area (Å²) in [5.74, 6) is 2.22. The molecule has 6 nitrogen and oxygen atoms in total. The predicted octanol–water partition coefficient (Wildman–Crippen LogP) is 4.95. The zero-order valence-electron chi connectivity index (χ0n) is 20.4. The lowest BCUT2D eigenvalue weighted by atomic mass is 10.00. The smallest absolute Gasteiger partial charge is 0.160 e. The Morgan fingerprint density at radius 3 is 2.45 bits per heavy atom. The minimum Gasteiger partial charge on any atom is -0.383 e. The van der Waals surface area contributed by atoms with E-state index < -0.39 is 0 Å². The number of anilines is 3. The van der Waals surface area contributed by atoms with Gasteiger partial charge >= 0.3 is 0 Å². The molecule has 1 aliphatic heterocycles. The molecule has 0 unspecified atom stereocenters. The molecule has 0 amide bonds. The van der Waals surface area contributed by atoms with Gasteiger partial charge in [0.1, 0.15) is 5.82 Å².